The molecule has 1 aromatic carbocycles. The minimum Gasteiger partial charge on any atom is -0.482 e. The fourth-order valence-corrected chi connectivity index (χ4v) is 3.18. The fraction of sp³-hybridized carbons (Fsp3) is 0.556. The second-order valence-electron chi connectivity index (χ2n) is 6.73. The van der Waals surface area contributed by atoms with E-state index >= 15 is 0 Å². The molecule has 2 fully saturated rings. The van der Waals surface area contributed by atoms with E-state index in [1.807, 2.05) is 18.2 Å². The number of hydrogen-bond acceptors (Lipinski definition) is 5. The van der Waals surface area contributed by atoms with E-state index in [4.69, 9.17) is 9.47 Å². The summed E-state index contributed by atoms with van der Waals surface area (Å²) in [5.41, 5.74) is 1.45. The van der Waals surface area contributed by atoms with Gasteiger partial charge in [-0.05, 0) is 31.0 Å². The predicted octanol–water partition coefficient (Wildman–Crippen LogP) is 1.09. The van der Waals surface area contributed by atoms with Gasteiger partial charge in [-0.1, -0.05) is 0 Å². The number of carbonyl (C=O) groups is 2. The summed E-state index contributed by atoms with van der Waals surface area (Å²) in [5, 5.41) is 2.94. The van der Waals surface area contributed by atoms with Crippen LogP contribution >= 0.6 is 0 Å². The van der Waals surface area contributed by atoms with Crippen molar-refractivity contribution in [3.05, 3.63) is 18.2 Å². The molecule has 1 saturated carbocycles. The quantitative estimate of drug-likeness (QED) is 0.865. The molecule has 25 heavy (non-hydrogen) atoms. The highest BCUT2D eigenvalue weighted by atomic mass is 16.5. The lowest BCUT2D eigenvalue weighted by atomic mass is 10.2. The van der Waals surface area contributed by atoms with E-state index in [2.05, 4.69) is 10.2 Å². The van der Waals surface area contributed by atoms with Gasteiger partial charge in [0.05, 0.1) is 18.9 Å². The molecule has 0 atom stereocenters. The minimum absolute atomic E-state index is 0.0496. The van der Waals surface area contributed by atoms with Gasteiger partial charge in [-0.2, -0.15) is 0 Å². The van der Waals surface area contributed by atoms with Crippen molar-refractivity contribution < 1.29 is 19.1 Å². The van der Waals surface area contributed by atoms with Gasteiger partial charge < -0.3 is 19.7 Å². The van der Waals surface area contributed by atoms with E-state index in [0.717, 1.165) is 51.4 Å². The monoisotopic (exact) mass is 345 g/mol. The van der Waals surface area contributed by atoms with Gasteiger partial charge in [-0.3, -0.25) is 14.5 Å². The van der Waals surface area contributed by atoms with Crippen LogP contribution in [0.25, 0.3) is 0 Å². The first-order valence-corrected chi connectivity index (χ1v) is 8.89. The molecule has 7 nitrogen and oxygen atoms in total. The SMILES string of the molecule is O=C(Nc1ccc2c(c1)N(CCN1CCOCC1)C(=O)CO2)C1CC1. The average molecular weight is 345 g/mol. The highest BCUT2D eigenvalue weighted by Crippen LogP contribution is 2.36. The molecule has 4 rings (SSSR count). The summed E-state index contributed by atoms with van der Waals surface area (Å²) < 4.78 is 10.9. The Morgan fingerprint density at radius 3 is 2.76 bits per heavy atom. The molecule has 1 aromatic rings. The molecule has 2 aliphatic heterocycles. The van der Waals surface area contributed by atoms with Gasteiger partial charge in [0.25, 0.3) is 5.91 Å². The molecule has 0 radical (unpaired) electrons. The average Bonchev–Trinajstić information content (AvgIpc) is 3.47. The summed E-state index contributed by atoms with van der Waals surface area (Å²) in [6.45, 7) is 4.73. The van der Waals surface area contributed by atoms with Crippen LogP contribution in [-0.4, -0.2) is 62.7 Å². The minimum atomic E-state index is -0.0496. The van der Waals surface area contributed by atoms with E-state index in [0.29, 0.717) is 18.0 Å². The number of morpholine rings is 1. The van der Waals surface area contributed by atoms with E-state index in [-0.39, 0.29) is 24.3 Å². The van der Waals surface area contributed by atoms with Crippen molar-refractivity contribution in [2.45, 2.75) is 12.8 Å². The number of rotatable bonds is 5. The molecule has 2 heterocycles. The first kappa shape index (κ1) is 16.4. The maximum absolute atomic E-state index is 12.4. The first-order valence-electron chi connectivity index (χ1n) is 8.89. The molecule has 134 valence electrons. The molecule has 1 aliphatic carbocycles. The molecule has 1 saturated heterocycles. The summed E-state index contributed by atoms with van der Waals surface area (Å²) in [5.74, 6) is 0.839. The maximum atomic E-state index is 12.4. The third-order valence-electron chi connectivity index (χ3n) is 4.86. The molecule has 7 heteroatoms. The van der Waals surface area contributed by atoms with Crippen molar-refractivity contribution in [2.75, 3.05) is 56.2 Å². The van der Waals surface area contributed by atoms with Gasteiger partial charge >= 0.3 is 0 Å². The van der Waals surface area contributed by atoms with Gasteiger partial charge in [-0.15, -0.1) is 0 Å². The number of ether oxygens (including phenoxy) is 2. The van der Waals surface area contributed by atoms with Crippen LogP contribution in [0.4, 0.5) is 11.4 Å². The second-order valence-corrected chi connectivity index (χ2v) is 6.73. The predicted molar refractivity (Wildman–Crippen MR) is 92.9 cm³/mol. The van der Waals surface area contributed by atoms with Crippen molar-refractivity contribution >= 4 is 23.2 Å². The number of nitrogens with one attached hydrogen (secondary N) is 1. The van der Waals surface area contributed by atoms with Crippen molar-refractivity contribution in [1.82, 2.24) is 4.90 Å². The standard InChI is InChI=1S/C18H23N3O4/c22-17-12-25-16-4-3-14(19-18(23)13-1-2-13)11-15(16)21(17)6-5-20-7-9-24-10-8-20/h3-4,11,13H,1-2,5-10,12H2,(H,19,23). The largest absolute Gasteiger partial charge is 0.482 e. The summed E-state index contributed by atoms with van der Waals surface area (Å²) in [4.78, 5) is 28.4. The zero-order valence-electron chi connectivity index (χ0n) is 14.2. The van der Waals surface area contributed by atoms with Crippen molar-refractivity contribution in [3.8, 4) is 5.75 Å². The van der Waals surface area contributed by atoms with Crippen LogP contribution < -0.4 is 15.0 Å². The lowest BCUT2D eigenvalue weighted by molar-refractivity contribution is -0.121. The lowest BCUT2D eigenvalue weighted by Gasteiger charge is -2.33. The zero-order valence-corrected chi connectivity index (χ0v) is 14.2. The number of benzene rings is 1. The van der Waals surface area contributed by atoms with Gasteiger partial charge in [0.1, 0.15) is 5.75 Å². The molecule has 2 amide bonds. The van der Waals surface area contributed by atoms with Gasteiger partial charge in [0.2, 0.25) is 5.91 Å². The number of amides is 2. The fourth-order valence-electron chi connectivity index (χ4n) is 3.18. The Balaban J connectivity index is 1.47. The van der Waals surface area contributed by atoms with E-state index in [1.54, 1.807) is 4.90 Å². The molecule has 0 aromatic heterocycles. The Morgan fingerprint density at radius 1 is 1.20 bits per heavy atom. The highest BCUT2D eigenvalue weighted by molar-refractivity contribution is 6.00. The van der Waals surface area contributed by atoms with Crippen LogP contribution in [-0.2, 0) is 14.3 Å². The van der Waals surface area contributed by atoms with Crippen LogP contribution in [0.15, 0.2) is 18.2 Å². The van der Waals surface area contributed by atoms with Crippen molar-refractivity contribution in [1.29, 1.82) is 0 Å². The topological polar surface area (TPSA) is 71.1 Å². The van der Waals surface area contributed by atoms with Gasteiger partial charge in [-0.25, -0.2) is 0 Å². The third-order valence-corrected chi connectivity index (χ3v) is 4.86. The Morgan fingerprint density at radius 2 is 2.00 bits per heavy atom. The van der Waals surface area contributed by atoms with Crippen LogP contribution in [0.1, 0.15) is 12.8 Å². The third kappa shape index (κ3) is 3.77. The zero-order chi connectivity index (χ0) is 17.2. The van der Waals surface area contributed by atoms with Gasteiger partial charge in [0.15, 0.2) is 6.61 Å². The van der Waals surface area contributed by atoms with E-state index in [9.17, 15) is 9.59 Å². The van der Waals surface area contributed by atoms with Gasteiger partial charge in [0, 0.05) is 37.8 Å². The first-order chi connectivity index (χ1) is 12.2. The molecule has 0 bridgehead atoms. The van der Waals surface area contributed by atoms with Crippen LogP contribution in [0.3, 0.4) is 0 Å². The number of hydrogen-bond donors (Lipinski definition) is 1. The Hall–Kier alpha value is -2.12. The summed E-state index contributed by atoms with van der Waals surface area (Å²) in [7, 11) is 0. The van der Waals surface area contributed by atoms with Crippen LogP contribution in [0, 0.1) is 5.92 Å². The molecular weight excluding hydrogens is 322 g/mol. The second kappa shape index (κ2) is 7.01. The summed E-state index contributed by atoms with van der Waals surface area (Å²) in [6, 6.07) is 5.49. The number of fused-ring (bicyclic) bond motifs is 1. The number of anilines is 2. The molecule has 1 N–H and O–H groups in total. The van der Waals surface area contributed by atoms with E-state index < -0.39 is 0 Å². The Bertz CT molecular complexity index is 668. The Labute approximate surface area is 146 Å². The molecule has 0 unspecified atom stereocenters. The molecule has 3 aliphatic rings. The summed E-state index contributed by atoms with van der Waals surface area (Å²) >= 11 is 0. The number of nitrogens with zero attached hydrogens (tertiary/aromatic N) is 2. The molecular formula is C18H23N3O4. The lowest BCUT2D eigenvalue weighted by Crippen LogP contribution is -2.45. The Kier molecular flexibility index (Phi) is 4.59. The van der Waals surface area contributed by atoms with Crippen molar-refractivity contribution in [3.63, 3.8) is 0 Å². The number of carbonyl (C=O) groups excluding carboxylic acids is 2. The molecule has 0 spiro atoms. The van der Waals surface area contributed by atoms with Crippen LogP contribution in [0.2, 0.25) is 0 Å². The smallest absolute Gasteiger partial charge is 0.265 e. The van der Waals surface area contributed by atoms with Crippen molar-refractivity contribution in [2.24, 2.45) is 5.92 Å². The van der Waals surface area contributed by atoms with E-state index in [1.165, 1.54) is 0 Å². The van der Waals surface area contributed by atoms with Crippen LogP contribution in [0.5, 0.6) is 5.75 Å². The normalized spacial score (nSPS) is 20.8. The summed E-state index contributed by atoms with van der Waals surface area (Å²) in [6.07, 6.45) is 1.92. The maximum Gasteiger partial charge on any atom is 0.265 e. The highest BCUT2D eigenvalue weighted by Gasteiger charge is 2.30.